The molecule has 0 heterocycles. The van der Waals surface area contributed by atoms with Gasteiger partial charge >= 0.3 is 0 Å². The minimum absolute atomic E-state index is 0.565. The number of anilines is 1. The van der Waals surface area contributed by atoms with Crippen molar-refractivity contribution in [3.8, 4) is 5.75 Å². The summed E-state index contributed by atoms with van der Waals surface area (Å²) in [5.74, 6) is 0.730. The molecule has 0 unspecified atom stereocenters. The van der Waals surface area contributed by atoms with Gasteiger partial charge in [0, 0.05) is 19.8 Å². The van der Waals surface area contributed by atoms with Gasteiger partial charge in [0.05, 0.1) is 0 Å². The zero-order valence-electron chi connectivity index (χ0n) is 7.77. The van der Waals surface area contributed by atoms with Crippen molar-refractivity contribution < 1.29 is 4.74 Å². The summed E-state index contributed by atoms with van der Waals surface area (Å²) in [7, 11) is 3.97. The first kappa shape index (κ1) is 10.2. The maximum Gasteiger partial charge on any atom is 0.193 e. The standard InChI is InChI=1S/C9H14N2OS/c1-11(2)7-3-5-8(6-4-7)12-9(10)13/h3-6,9,13H,10H2,1-2H3/t9-/m1/s1. The van der Waals surface area contributed by atoms with Crippen LogP contribution in [0.5, 0.6) is 5.75 Å². The topological polar surface area (TPSA) is 38.5 Å². The smallest absolute Gasteiger partial charge is 0.193 e. The van der Waals surface area contributed by atoms with E-state index in [1.807, 2.05) is 43.3 Å². The van der Waals surface area contributed by atoms with Gasteiger partial charge in [-0.25, -0.2) is 0 Å². The maximum absolute atomic E-state index is 5.35. The van der Waals surface area contributed by atoms with Crippen LogP contribution in [0.2, 0.25) is 0 Å². The fourth-order valence-electron chi connectivity index (χ4n) is 0.962. The Hall–Kier alpha value is -0.870. The Morgan fingerprint density at radius 3 is 2.23 bits per heavy atom. The van der Waals surface area contributed by atoms with Gasteiger partial charge in [0.25, 0.3) is 0 Å². The summed E-state index contributed by atoms with van der Waals surface area (Å²) in [5, 5.41) is 0. The molecular weight excluding hydrogens is 184 g/mol. The summed E-state index contributed by atoms with van der Waals surface area (Å²) in [6.45, 7) is 0. The minimum atomic E-state index is -0.565. The zero-order chi connectivity index (χ0) is 9.84. The van der Waals surface area contributed by atoms with Crippen LogP contribution in [0.1, 0.15) is 0 Å². The molecule has 1 aromatic carbocycles. The molecule has 0 aromatic heterocycles. The molecule has 0 spiro atoms. The van der Waals surface area contributed by atoms with Gasteiger partial charge in [-0.05, 0) is 24.3 Å². The van der Waals surface area contributed by atoms with Gasteiger partial charge in [-0.3, -0.25) is 5.73 Å². The van der Waals surface area contributed by atoms with Crippen LogP contribution >= 0.6 is 12.6 Å². The van der Waals surface area contributed by atoms with Crippen molar-refractivity contribution in [3.05, 3.63) is 24.3 Å². The number of hydrogen-bond acceptors (Lipinski definition) is 4. The molecule has 0 aliphatic heterocycles. The lowest BCUT2D eigenvalue weighted by molar-refractivity contribution is 0.298. The molecule has 0 aliphatic rings. The normalized spacial score (nSPS) is 12.3. The summed E-state index contributed by atoms with van der Waals surface area (Å²) in [6, 6.07) is 7.66. The van der Waals surface area contributed by atoms with Crippen LogP contribution in [0.4, 0.5) is 5.69 Å². The van der Waals surface area contributed by atoms with Crippen molar-refractivity contribution in [1.29, 1.82) is 0 Å². The molecule has 0 fully saturated rings. The number of rotatable bonds is 3. The van der Waals surface area contributed by atoms with Crippen LogP contribution in [0.3, 0.4) is 0 Å². The highest BCUT2D eigenvalue weighted by atomic mass is 32.1. The first-order valence-corrected chi connectivity index (χ1v) is 4.49. The molecule has 1 rings (SSSR count). The van der Waals surface area contributed by atoms with Crippen LogP contribution in [0, 0.1) is 0 Å². The van der Waals surface area contributed by atoms with E-state index in [0.717, 1.165) is 11.4 Å². The van der Waals surface area contributed by atoms with E-state index >= 15 is 0 Å². The van der Waals surface area contributed by atoms with Crippen LogP contribution in [0.15, 0.2) is 24.3 Å². The molecule has 4 heteroatoms. The van der Waals surface area contributed by atoms with Crippen molar-refractivity contribution in [2.75, 3.05) is 19.0 Å². The summed E-state index contributed by atoms with van der Waals surface area (Å²) in [4.78, 5) is 2.02. The molecule has 0 bridgehead atoms. The Morgan fingerprint density at radius 1 is 1.31 bits per heavy atom. The molecule has 0 saturated carbocycles. The van der Waals surface area contributed by atoms with Gasteiger partial charge < -0.3 is 9.64 Å². The van der Waals surface area contributed by atoms with E-state index in [4.69, 9.17) is 10.5 Å². The predicted octanol–water partition coefficient (Wildman–Crippen LogP) is 1.30. The van der Waals surface area contributed by atoms with Crippen molar-refractivity contribution in [3.63, 3.8) is 0 Å². The number of thiol groups is 1. The molecule has 0 radical (unpaired) electrons. The van der Waals surface area contributed by atoms with Crippen LogP contribution in [-0.2, 0) is 0 Å². The molecule has 3 nitrogen and oxygen atoms in total. The highest BCUT2D eigenvalue weighted by molar-refractivity contribution is 7.80. The number of benzene rings is 1. The van der Waals surface area contributed by atoms with Crippen LogP contribution in [0.25, 0.3) is 0 Å². The van der Waals surface area contributed by atoms with Crippen LogP contribution < -0.4 is 15.4 Å². The van der Waals surface area contributed by atoms with Gasteiger partial charge in [0.15, 0.2) is 5.56 Å². The van der Waals surface area contributed by atoms with E-state index in [1.165, 1.54) is 0 Å². The molecule has 1 atom stereocenters. The maximum atomic E-state index is 5.35. The molecule has 0 aliphatic carbocycles. The Morgan fingerprint density at radius 2 is 1.85 bits per heavy atom. The highest BCUT2D eigenvalue weighted by Crippen LogP contribution is 2.18. The molecule has 2 N–H and O–H groups in total. The van der Waals surface area contributed by atoms with E-state index in [9.17, 15) is 0 Å². The Kier molecular flexibility index (Phi) is 3.45. The van der Waals surface area contributed by atoms with E-state index < -0.39 is 5.56 Å². The number of nitrogens with zero attached hydrogens (tertiary/aromatic N) is 1. The van der Waals surface area contributed by atoms with E-state index in [0.29, 0.717) is 0 Å². The SMILES string of the molecule is CN(C)c1ccc(O[C@@H](N)S)cc1. The largest absolute Gasteiger partial charge is 0.467 e. The monoisotopic (exact) mass is 198 g/mol. The first-order valence-electron chi connectivity index (χ1n) is 3.97. The van der Waals surface area contributed by atoms with Gasteiger partial charge in [-0.1, -0.05) is 0 Å². The fraction of sp³-hybridized carbons (Fsp3) is 0.333. The molecular formula is C9H14N2OS. The van der Waals surface area contributed by atoms with E-state index in [-0.39, 0.29) is 0 Å². The Labute approximate surface area is 83.9 Å². The summed E-state index contributed by atoms with van der Waals surface area (Å²) in [5.41, 5.74) is 5.91. The third-order valence-corrected chi connectivity index (χ3v) is 1.72. The zero-order valence-corrected chi connectivity index (χ0v) is 8.66. The second-order valence-electron chi connectivity index (χ2n) is 2.90. The summed E-state index contributed by atoms with van der Waals surface area (Å²) < 4.78 is 5.17. The summed E-state index contributed by atoms with van der Waals surface area (Å²) in [6.07, 6.45) is 0. The van der Waals surface area contributed by atoms with Gasteiger partial charge in [-0.15, -0.1) is 12.6 Å². The second-order valence-corrected chi connectivity index (χ2v) is 3.41. The van der Waals surface area contributed by atoms with Crippen molar-refractivity contribution in [2.24, 2.45) is 5.73 Å². The molecule has 1 aromatic rings. The van der Waals surface area contributed by atoms with Gasteiger partial charge in [0.2, 0.25) is 0 Å². The quantitative estimate of drug-likeness (QED) is 0.568. The fourth-order valence-corrected chi connectivity index (χ4v) is 1.08. The summed E-state index contributed by atoms with van der Waals surface area (Å²) >= 11 is 3.92. The predicted molar refractivity (Wildman–Crippen MR) is 58.4 cm³/mol. The first-order chi connectivity index (χ1) is 6.09. The third-order valence-electron chi connectivity index (χ3n) is 1.61. The average Bonchev–Trinajstić information content (AvgIpc) is 2.04. The average molecular weight is 198 g/mol. The van der Waals surface area contributed by atoms with Gasteiger partial charge in [0.1, 0.15) is 5.75 Å². The Bertz CT molecular complexity index is 259. The molecule has 13 heavy (non-hydrogen) atoms. The lowest BCUT2D eigenvalue weighted by Crippen LogP contribution is -2.19. The molecule has 0 saturated heterocycles. The van der Waals surface area contributed by atoms with E-state index in [2.05, 4.69) is 12.6 Å². The van der Waals surface area contributed by atoms with Crippen molar-refractivity contribution in [2.45, 2.75) is 5.56 Å². The minimum Gasteiger partial charge on any atom is -0.467 e. The lowest BCUT2D eigenvalue weighted by atomic mass is 10.3. The van der Waals surface area contributed by atoms with E-state index in [1.54, 1.807) is 0 Å². The highest BCUT2D eigenvalue weighted by Gasteiger charge is 1.98. The number of ether oxygens (including phenoxy) is 1. The molecule has 0 amide bonds. The van der Waals surface area contributed by atoms with Gasteiger partial charge in [-0.2, -0.15) is 0 Å². The number of hydrogen-bond donors (Lipinski definition) is 2. The second kappa shape index (κ2) is 4.39. The Balaban J connectivity index is 2.70. The van der Waals surface area contributed by atoms with Crippen molar-refractivity contribution >= 4 is 18.3 Å². The van der Waals surface area contributed by atoms with Crippen molar-refractivity contribution in [1.82, 2.24) is 0 Å². The molecule has 72 valence electrons. The number of nitrogens with two attached hydrogens (primary N) is 1. The third kappa shape index (κ3) is 3.16. The van der Waals surface area contributed by atoms with Crippen LogP contribution in [-0.4, -0.2) is 19.7 Å². The lowest BCUT2D eigenvalue weighted by Gasteiger charge is -2.13.